The van der Waals surface area contributed by atoms with Crippen LogP contribution >= 0.6 is 0 Å². The number of rotatable bonds is 0. The molecule has 1 heterocycles. The molecule has 0 saturated heterocycles. The summed E-state index contributed by atoms with van der Waals surface area (Å²) < 4.78 is 0. The molecule has 9 heavy (non-hydrogen) atoms. The molecule has 0 radical (unpaired) electrons. The third-order valence-corrected chi connectivity index (χ3v) is 1.77. The van der Waals surface area contributed by atoms with E-state index in [2.05, 4.69) is 11.9 Å². The van der Waals surface area contributed by atoms with Gasteiger partial charge >= 0.3 is 0 Å². The average Bonchev–Trinajstić information content (AvgIpc) is 1.80. The van der Waals surface area contributed by atoms with Crippen LogP contribution in [0.2, 0.25) is 0 Å². The molecule has 0 bridgehead atoms. The van der Waals surface area contributed by atoms with E-state index >= 15 is 0 Å². The van der Waals surface area contributed by atoms with Crippen molar-refractivity contribution in [2.75, 3.05) is 6.54 Å². The summed E-state index contributed by atoms with van der Waals surface area (Å²) in [5.41, 5.74) is 11.2. The van der Waals surface area contributed by atoms with Crippen LogP contribution in [0.25, 0.3) is 0 Å². The predicted octanol–water partition coefficient (Wildman–Crippen LogP) is -0.289. The fourth-order valence-electron chi connectivity index (χ4n) is 0.948. The van der Waals surface area contributed by atoms with Crippen LogP contribution in [-0.2, 0) is 0 Å². The van der Waals surface area contributed by atoms with E-state index < -0.39 is 0 Å². The fourth-order valence-corrected chi connectivity index (χ4v) is 0.948. The zero-order chi connectivity index (χ0) is 6.85. The van der Waals surface area contributed by atoms with Crippen molar-refractivity contribution in [3.05, 3.63) is 0 Å². The summed E-state index contributed by atoms with van der Waals surface area (Å²) in [5.74, 6) is 1.26. The van der Waals surface area contributed by atoms with E-state index in [-0.39, 0.29) is 6.04 Å². The van der Waals surface area contributed by atoms with Crippen LogP contribution in [0.3, 0.4) is 0 Å². The molecule has 3 nitrogen and oxygen atoms in total. The van der Waals surface area contributed by atoms with Crippen LogP contribution in [0.15, 0.2) is 4.99 Å². The molecule has 2 unspecified atom stereocenters. The maximum absolute atomic E-state index is 5.68. The summed E-state index contributed by atoms with van der Waals surface area (Å²) in [6.07, 6.45) is 0.862. The van der Waals surface area contributed by atoms with E-state index in [0.717, 1.165) is 12.3 Å². The molecule has 1 aliphatic heterocycles. The maximum atomic E-state index is 5.68. The van der Waals surface area contributed by atoms with Gasteiger partial charge in [-0.3, -0.25) is 4.99 Å². The quantitative estimate of drug-likeness (QED) is 0.469. The van der Waals surface area contributed by atoms with Crippen molar-refractivity contribution in [1.29, 1.82) is 0 Å². The zero-order valence-corrected chi connectivity index (χ0v) is 5.67. The standard InChI is InChI=1S/C6H13N3/c1-4-2-6(8)9-3-5(4)7/h4-5H,2-3,7H2,1H3,(H2,8,9). The van der Waals surface area contributed by atoms with Gasteiger partial charge in [-0.2, -0.15) is 0 Å². The van der Waals surface area contributed by atoms with E-state index in [9.17, 15) is 0 Å². The van der Waals surface area contributed by atoms with E-state index in [1.54, 1.807) is 0 Å². The molecule has 2 atom stereocenters. The summed E-state index contributed by atoms with van der Waals surface area (Å²) in [7, 11) is 0. The molecule has 0 aliphatic carbocycles. The minimum Gasteiger partial charge on any atom is -0.387 e. The molecule has 0 saturated carbocycles. The van der Waals surface area contributed by atoms with Crippen molar-refractivity contribution in [3.8, 4) is 0 Å². The van der Waals surface area contributed by atoms with Gasteiger partial charge in [-0.05, 0) is 5.92 Å². The first-order valence-electron chi connectivity index (χ1n) is 3.24. The first kappa shape index (κ1) is 6.55. The van der Waals surface area contributed by atoms with Crippen LogP contribution in [-0.4, -0.2) is 18.4 Å². The highest BCUT2D eigenvalue weighted by Crippen LogP contribution is 2.10. The van der Waals surface area contributed by atoms with Gasteiger partial charge in [0, 0.05) is 12.5 Å². The van der Waals surface area contributed by atoms with Gasteiger partial charge < -0.3 is 11.5 Å². The summed E-state index contributed by atoms with van der Waals surface area (Å²) in [4.78, 5) is 4.03. The van der Waals surface area contributed by atoms with Gasteiger partial charge in [0.05, 0.1) is 12.4 Å². The molecule has 0 spiro atoms. The number of nitrogens with zero attached hydrogens (tertiary/aromatic N) is 1. The van der Waals surface area contributed by atoms with Gasteiger partial charge in [-0.1, -0.05) is 6.92 Å². The molecule has 1 rings (SSSR count). The Labute approximate surface area is 55.1 Å². The number of amidine groups is 1. The van der Waals surface area contributed by atoms with Gasteiger partial charge in [0.1, 0.15) is 0 Å². The Hall–Kier alpha value is -0.570. The van der Waals surface area contributed by atoms with Crippen molar-refractivity contribution >= 4 is 5.84 Å². The lowest BCUT2D eigenvalue weighted by molar-refractivity contribution is 0.458. The van der Waals surface area contributed by atoms with Gasteiger partial charge in [0.15, 0.2) is 0 Å². The van der Waals surface area contributed by atoms with Crippen LogP contribution in [0, 0.1) is 5.92 Å². The lowest BCUT2D eigenvalue weighted by Crippen LogP contribution is -2.38. The number of aliphatic imine (C=N–C) groups is 1. The van der Waals surface area contributed by atoms with Crippen LogP contribution < -0.4 is 11.5 Å². The first-order valence-corrected chi connectivity index (χ1v) is 3.24. The van der Waals surface area contributed by atoms with Gasteiger partial charge in [0.2, 0.25) is 0 Å². The van der Waals surface area contributed by atoms with Gasteiger partial charge in [0.25, 0.3) is 0 Å². The largest absolute Gasteiger partial charge is 0.387 e. The third kappa shape index (κ3) is 1.42. The Kier molecular flexibility index (Phi) is 1.71. The van der Waals surface area contributed by atoms with E-state index in [0.29, 0.717) is 12.5 Å². The van der Waals surface area contributed by atoms with Crippen molar-refractivity contribution in [2.45, 2.75) is 19.4 Å². The Bertz CT molecular complexity index is 130. The Morgan fingerprint density at radius 1 is 1.67 bits per heavy atom. The summed E-state index contributed by atoms with van der Waals surface area (Å²) in [6, 6.07) is 0.220. The molecule has 52 valence electrons. The fraction of sp³-hybridized carbons (Fsp3) is 0.833. The molecular formula is C6H13N3. The highest BCUT2D eigenvalue weighted by atomic mass is 14.9. The molecule has 0 amide bonds. The minimum atomic E-state index is 0.220. The minimum absolute atomic E-state index is 0.220. The first-order chi connectivity index (χ1) is 4.20. The predicted molar refractivity (Wildman–Crippen MR) is 38.2 cm³/mol. The van der Waals surface area contributed by atoms with E-state index in [1.165, 1.54) is 0 Å². The Morgan fingerprint density at radius 3 is 2.78 bits per heavy atom. The molecular weight excluding hydrogens is 114 g/mol. The highest BCUT2D eigenvalue weighted by molar-refractivity contribution is 5.81. The number of hydrogen-bond acceptors (Lipinski definition) is 3. The second-order valence-corrected chi connectivity index (χ2v) is 2.68. The molecule has 1 aliphatic rings. The lowest BCUT2D eigenvalue weighted by Gasteiger charge is -2.22. The Morgan fingerprint density at radius 2 is 2.33 bits per heavy atom. The van der Waals surface area contributed by atoms with Crippen molar-refractivity contribution < 1.29 is 0 Å². The van der Waals surface area contributed by atoms with Crippen LogP contribution in [0.4, 0.5) is 0 Å². The molecule has 0 fully saturated rings. The maximum Gasteiger partial charge on any atom is 0.0941 e. The smallest absolute Gasteiger partial charge is 0.0941 e. The molecule has 3 heteroatoms. The Balaban J connectivity index is 2.54. The third-order valence-electron chi connectivity index (χ3n) is 1.77. The van der Waals surface area contributed by atoms with Crippen LogP contribution in [0.5, 0.6) is 0 Å². The van der Waals surface area contributed by atoms with E-state index in [4.69, 9.17) is 11.5 Å². The highest BCUT2D eigenvalue weighted by Gasteiger charge is 2.17. The summed E-state index contributed by atoms with van der Waals surface area (Å²) in [5, 5.41) is 0. The molecule has 4 N–H and O–H groups in total. The van der Waals surface area contributed by atoms with Crippen molar-refractivity contribution in [1.82, 2.24) is 0 Å². The normalized spacial score (nSPS) is 36.0. The van der Waals surface area contributed by atoms with Crippen LogP contribution in [0.1, 0.15) is 13.3 Å². The SMILES string of the molecule is CC1CC(N)=NCC1N. The number of hydrogen-bond donors (Lipinski definition) is 2. The topological polar surface area (TPSA) is 64.4 Å². The average molecular weight is 127 g/mol. The second kappa shape index (κ2) is 2.35. The van der Waals surface area contributed by atoms with Gasteiger partial charge in [-0.25, -0.2) is 0 Å². The van der Waals surface area contributed by atoms with Gasteiger partial charge in [-0.15, -0.1) is 0 Å². The number of nitrogens with two attached hydrogens (primary N) is 2. The van der Waals surface area contributed by atoms with Crippen molar-refractivity contribution in [3.63, 3.8) is 0 Å². The zero-order valence-electron chi connectivity index (χ0n) is 5.67. The molecule has 0 aromatic rings. The molecule has 0 aromatic carbocycles. The summed E-state index contributed by atoms with van der Waals surface area (Å²) >= 11 is 0. The lowest BCUT2D eigenvalue weighted by atomic mass is 9.96. The second-order valence-electron chi connectivity index (χ2n) is 2.68. The van der Waals surface area contributed by atoms with E-state index in [1.807, 2.05) is 0 Å². The van der Waals surface area contributed by atoms with Crippen molar-refractivity contribution in [2.24, 2.45) is 22.4 Å². The summed E-state index contributed by atoms with van der Waals surface area (Å²) in [6.45, 7) is 2.80. The monoisotopic (exact) mass is 127 g/mol. The molecule has 0 aromatic heterocycles.